The van der Waals surface area contributed by atoms with Crippen molar-refractivity contribution >= 4 is 23.7 Å². The normalized spacial score (nSPS) is 12.1. The van der Waals surface area contributed by atoms with Crippen LogP contribution in [0.4, 0.5) is 19.7 Å². The van der Waals surface area contributed by atoms with Gasteiger partial charge < -0.3 is 31.5 Å². The van der Waals surface area contributed by atoms with Crippen LogP contribution in [0.25, 0.3) is 0 Å². The Hall–Kier alpha value is -5.30. The highest BCUT2D eigenvalue weighted by molar-refractivity contribution is 5.93. The van der Waals surface area contributed by atoms with Crippen molar-refractivity contribution in [2.24, 2.45) is 5.73 Å². The smallest absolute Gasteiger partial charge is 0.408 e. The number of carbonyl (C=O) groups excluding carboxylic acids is 3. The molecule has 3 aromatic carbocycles. The molecule has 12 nitrogen and oxygen atoms in total. The maximum absolute atomic E-state index is 13.6. The molecule has 0 aliphatic rings. The van der Waals surface area contributed by atoms with Gasteiger partial charge in [-0.3, -0.25) is 4.79 Å². The summed E-state index contributed by atoms with van der Waals surface area (Å²) in [6.45, 7) is 0.176. The molecule has 4 rings (SSSR count). The zero-order valence-electron chi connectivity index (χ0n) is 23.9. The Bertz CT molecular complexity index is 1510. The minimum absolute atomic E-state index is 0.0590. The second-order valence-electron chi connectivity index (χ2n) is 10.0. The number of halogens is 1. The van der Waals surface area contributed by atoms with Gasteiger partial charge in [-0.1, -0.05) is 59.8 Å². The van der Waals surface area contributed by atoms with Crippen molar-refractivity contribution in [3.8, 4) is 0 Å². The Labute approximate surface area is 253 Å². The lowest BCUT2D eigenvalue weighted by molar-refractivity contribution is -0.119. The van der Waals surface area contributed by atoms with Crippen LogP contribution in [-0.4, -0.2) is 44.7 Å². The van der Waals surface area contributed by atoms with Gasteiger partial charge in [-0.25, -0.2) is 18.7 Å². The molecule has 6 N–H and O–H groups in total. The fraction of sp³-hybridized carbons (Fsp3) is 0.258. The summed E-state index contributed by atoms with van der Waals surface area (Å²) in [4.78, 5) is 37.3. The minimum atomic E-state index is -0.833. The van der Waals surface area contributed by atoms with Gasteiger partial charge in [0.1, 0.15) is 24.2 Å². The third-order valence-electron chi connectivity index (χ3n) is 6.72. The third-order valence-corrected chi connectivity index (χ3v) is 6.72. The van der Waals surface area contributed by atoms with E-state index in [1.807, 2.05) is 30.3 Å². The molecule has 0 aliphatic carbocycles. The van der Waals surface area contributed by atoms with Gasteiger partial charge in [0, 0.05) is 12.2 Å². The monoisotopic (exact) mass is 603 g/mol. The van der Waals surface area contributed by atoms with Gasteiger partial charge >= 0.3 is 12.1 Å². The fourth-order valence-corrected chi connectivity index (χ4v) is 4.40. The van der Waals surface area contributed by atoms with E-state index < -0.39 is 30.0 Å². The first-order valence-corrected chi connectivity index (χ1v) is 14.0. The summed E-state index contributed by atoms with van der Waals surface area (Å²) in [5.74, 6) is -0.778. The van der Waals surface area contributed by atoms with Crippen LogP contribution in [0.2, 0.25) is 0 Å². The summed E-state index contributed by atoms with van der Waals surface area (Å²) in [5.41, 5.74) is 8.28. The quantitative estimate of drug-likeness (QED) is 0.137. The summed E-state index contributed by atoms with van der Waals surface area (Å²) in [5, 5.41) is 25.9. The number of nitrogens with two attached hydrogens (primary N) is 1. The molecule has 230 valence electrons. The van der Waals surface area contributed by atoms with Crippen LogP contribution >= 0.6 is 0 Å². The first-order valence-electron chi connectivity index (χ1n) is 14.0. The lowest BCUT2D eigenvalue weighted by Gasteiger charge is -2.18. The number of rotatable bonds is 14. The van der Waals surface area contributed by atoms with Crippen LogP contribution in [0.1, 0.15) is 47.3 Å². The fourth-order valence-electron chi connectivity index (χ4n) is 4.40. The number of carbonyl (C=O) groups is 3. The molecule has 0 bridgehead atoms. The van der Waals surface area contributed by atoms with Crippen molar-refractivity contribution in [2.45, 2.75) is 44.6 Å². The lowest BCUT2D eigenvalue weighted by atomic mass is 10.0. The Morgan fingerprint density at radius 3 is 2.34 bits per heavy atom. The van der Waals surface area contributed by atoms with Crippen LogP contribution in [0.3, 0.4) is 0 Å². The topological polar surface area (TPSA) is 173 Å². The van der Waals surface area contributed by atoms with E-state index in [2.05, 4.69) is 26.3 Å². The number of hydrogen-bond donors (Lipinski definition) is 5. The number of alkyl carbamates (subject to hydrolysis) is 1. The lowest BCUT2D eigenvalue weighted by Crippen LogP contribution is -2.32. The van der Waals surface area contributed by atoms with Gasteiger partial charge in [0.2, 0.25) is 5.91 Å². The average Bonchev–Trinajstić information content (AvgIpc) is 3.51. The molecule has 1 heterocycles. The van der Waals surface area contributed by atoms with E-state index in [1.165, 1.54) is 16.8 Å². The number of benzene rings is 3. The molecular weight excluding hydrogens is 569 g/mol. The molecule has 13 heteroatoms. The summed E-state index contributed by atoms with van der Waals surface area (Å²) in [6.07, 6.45) is 1.80. The summed E-state index contributed by atoms with van der Waals surface area (Å²) >= 11 is 0. The van der Waals surface area contributed by atoms with Gasteiger partial charge in [0.05, 0.1) is 18.8 Å². The summed E-state index contributed by atoms with van der Waals surface area (Å²) in [7, 11) is 0. The van der Waals surface area contributed by atoms with Crippen LogP contribution in [0.15, 0.2) is 85.1 Å². The molecule has 4 aromatic rings. The van der Waals surface area contributed by atoms with Crippen molar-refractivity contribution in [2.75, 3.05) is 11.9 Å². The van der Waals surface area contributed by atoms with Gasteiger partial charge in [0.15, 0.2) is 0 Å². The molecule has 1 aromatic heterocycles. The van der Waals surface area contributed by atoms with Crippen molar-refractivity contribution in [1.29, 1.82) is 0 Å². The second kappa shape index (κ2) is 15.8. The number of urea groups is 1. The molecule has 4 amide bonds. The minimum Gasteiger partial charge on any atom is -0.445 e. The Balaban J connectivity index is 1.53. The molecule has 0 saturated heterocycles. The Morgan fingerprint density at radius 2 is 1.66 bits per heavy atom. The number of primary amides is 1. The molecule has 0 unspecified atom stereocenters. The van der Waals surface area contributed by atoms with Gasteiger partial charge in [-0.15, -0.1) is 5.10 Å². The molecule has 44 heavy (non-hydrogen) atoms. The average molecular weight is 604 g/mol. The standard InChI is InChI=1S/C31H34FN7O5/c32-24-12-8-21(9-13-24)17-26(36-31(43)44-20-23-5-2-1-3-6-23)27-18-39(38-37-27)28(7-4-16-34-30(33)42)29(41)35-25-14-10-22(19-40)11-15-25/h1-3,5-6,8-15,18,26,28,40H,4,7,16-17,19-20H2,(H,35,41)(H,36,43)(H3,33,34,42)/t26-,28-/m0/s1. The SMILES string of the molecule is NC(=O)NCCC[C@@H](C(=O)Nc1ccc(CO)cc1)n1cc([C@H](Cc2ccc(F)cc2)NC(=O)OCc2ccccc2)nn1. The van der Waals surface area contributed by atoms with Crippen LogP contribution < -0.4 is 21.7 Å². The molecule has 0 radical (unpaired) electrons. The Kier molecular flexibility index (Phi) is 11.4. The summed E-state index contributed by atoms with van der Waals surface area (Å²) in [6, 6.07) is 19.6. The van der Waals surface area contributed by atoms with Gasteiger partial charge in [0.25, 0.3) is 0 Å². The number of aliphatic hydroxyl groups excluding tert-OH is 1. The van der Waals surface area contributed by atoms with Crippen molar-refractivity contribution in [3.05, 3.63) is 113 Å². The maximum atomic E-state index is 13.6. The first-order chi connectivity index (χ1) is 21.3. The van der Waals surface area contributed by atoms with Crippen LogP contribution in [0.5, 0.6) is 0 Å². The van der Waals surface area contributed by atoms with Crippen molar-refractivity contribution in [1.82, 2.24) is 25.6 Å². The van der Waals surface area contributed by atoms with E-state index >= 15 is 0 Å². The van der Waals surface area contributed by atoms with Gasteiger partial charge in [-0.2, -0.15) is 0 Å². The number of aromatic nitrogens is 3. The molecular formula is C31H34FN7O5. The maximum Gasteiger partial charge on any atom is 0.408 e. The highest BCUT2D eigenvalue weighted by Crippen LogP contribution is 2.22. The van der Waals surface area contributed by atoms with Gasteiger partial charge in [-0.05, 0) is 60.2 Å². The second-order valence-corrected chi connectivity index (χ2v) is 10.0. The molecule has 0 fully saturated rings. The number of nitrogens with zero attached hydrogens (tertiary/aromatic N) is 3. The van der Waals surface area contributed by atoms with Crippen molar-refractivity contribution < 1.29 is 28.6 Å². The molecule has 2 atom stereocenters. The van der Waals surface area contributed by atoms with Crippen LogP contribution in [-0.2, 0) is 29.2 Å². The van der Waals surface area contributed by atoms with E-state index in [9.17, 15) is 23.9 Å². The first kappa shape index (κ1) is 31.6. The zero-order chi connectivity index (χ0) is 31.3. The predicted molar refractivity (Wildman–Crippen MR) is 159 cm³/mol. The third kappa shape index (κ3) is 9.63. The number of nitrogens with one attached hydrogen (secondary N) is 3. The predicted octanol–water partition coefficient (Wildman–Crippen LogP) is 3.75. The number of aliphatic hydroxyl groups is 1. The van der Waals surface area contributed by atoms with E-state index in [0.29, 0.717) is 23.4 Å². The van der Waals surface area contributed by atoms with E-state index in [1.54, 1.807) is 42.6 Å². The zero-order valence-corrected chi connectivity index (χ0v) is 23.9. The number of anilines is 1. The number of amides is 4. The van der Waals surface area contributed by atoms with E-state index in [0.717, 1.165) is 11.1 Å². The Morgan fingerprint density at radius 1 is 0.955 bits per heavy atom. The highest BCUT2D eigenvalue weighted by atomic mass is 19.1. The van der Waals surface area contributed by atoms with Crippen LogP contribution in [0, 0.1) is 5.82 Å². The largest absolute Gasteiger partial charge is 0.445 e. The highest BCUT2D eigenvalue weighted by Gasteiger charge is 2.26. The van der Waals surface area contributed by atoms with Crippen molar-refractivity contribution in [3.63, 3.8) is 0 Å². The molecule has 0 spiro atoms. The summed E-state index contributed by atoms with van der Waals surface area (Å²) < 4.78 is 20.4. The number of ether oxygens (including phenoxy) is 1. The molecule has 0 saturated carbocycles. The van der Waals surface area contributed by atoms with E-state index in [4.69, 9.17) is 10.5 Å². The van der Waals surface area contributed by atoms with E-state index in [-0.39, 0.29) is 38.5 Å². The number of hydrogen-bond acceptors (Lipinski definition) is 7. The molecule has 0 aliphatic heterocycles.